The quantitative estimate of drug-likeness (QED) is 0.715. The van der Waals surface area contributed by atoms with Crippen LogP contribution in [0.15, 0.2) is 4.52 Å². The number of hydrogen-bond acceptors (Lipinski definition) is 3. The van der Waals surface area contributed by atoms with Crippen molar-refractivity contribution in [1.29, 1.82) is 0 Å². The first-order valence-corrected chi connectivity index (χ1v) is 4.92. The zero-order valence-electron chi connectivity index (χ0n) is 8.26. The van der Waals surface area contributed by atoms with Crippen molar-refractivity contribution in [2.75, 3.05) is 13.1 Å². The highest BCUT2D eigenvalue weighted by Crippen LogP contribution is 2.29. The van der Waals surface area contributed by atoms with E-state index in [0.29, 0.717) is 5.92 Å². The summed E-state index contributed by atoms with van der Waals surface area (Å²) in [6, 6.07) is 0. The van der Waals surface area contributed by atoms with E-state index in [2.05, 4.69) is 10.5 Å². The second-order valence-electron chi connectivity index (χ2n) is 3.76. The molecule has 0 amide bonds. The highest BCUT2D eigenvalue weighted by Gasteiger charge is 2.21. The van der Waals surface area contributed by atoms with Gasteiger partial charge in [0.1, 0.15) is 5.76 Å². The number of nitrogens with one attached hydrogen (secondary N) is 1. The van der Waals surface area contributed by atoms with Gasteiger partial charge in [-0.1, -0.05) is 5.16 Å². The summed E-state index contributed by atoms with van der Waals surface area (Å²) >= 11 is 0. The molecule has 72 valence electrons. The smallest absolute Gasteiger partial charge is 0.137 e. The van der Waals surface area contributed by atoms with E-state index in [-0.39, 0.29) is 0 Å². The Morgan fingerprint density at radius 2 is 2.00 bits per heavy atom. The zero-order chi connectivity index (χ0) is 9.26. The van der Waals surface area contributed by atoms with Gasteiger partial charge in [-0.25, -0.2) is 0 Å². The van der Waals surface area contributed by atoms with Gasteiger partial charge in [-0.05, 0) is 45.7 Å². The van der Waals surface area contributed by atoms with Gasteiger partial charge in [0.05, 0.1) is 5.69 Å². The summed E-state index contributed by atoms with van der Waals surface area (Å²) in [5.41, 5.74) is 2.42. The third-order valence-corrected chi connectivity index (χ3v) is 2.84. The van der Waals surface area contributed by atoms with Crippen LogP contribution in [-0.4, -0.2) is 18.2 Å². The van der Waals surface area contributed by atoms with E-state index in [9.17, 15) is 0 Å². The molecule has 0 saturated carbocycles. The van der Waals surface area contributed by atoms with Crippen LogP contribution in [0.25, 0.3) is 0 Å². The molecule has 3 heteroatoms. The molecule has 2 heterocycles. The van der Waals surface area contributed by atoms with Gasteiger partial charge in [0.25, 0.3) is 0 Å². The van der Waals surface area contributed by atoms with E-state index < -0.39 is 0 Å². The van der Waals surface area contributed by atoms with Crippen LogP contribution in [0.2, 0.25) is 0 Å². The number of aromatic nitrogens is 1. The minimum atomic E-state index is 0.660. The highest BCUT2D eigenvalue weighted by atomic mass is 16.5. The maximum Gasteiger partial charge on any atom is 0.137 e. The average Bonchev–Trinajstić information content (AvgIpc) is 2.48. The Labute approximate surface area is 78.5 Å². The van der Waals surface area contributed by atoms with E-state index in [4.69, 9.17) is 4.52 Å². The fourth-order valence-corrected chi connectivity index (χ4v) is 2.18. The van der Waals surface area contributed by atoms with Crippen molar-refractivity contribution in [2.45, 2.75) is 32.6 Å². The van der Waals surface area contributed by atoms with Crippen LogP contribution in [0.5, 0.6) is 0 Å². The predicted octanol–water partition coefficient (Wildman–Crippen LogP) is 1.76. The third-order valence-electron chi connectivity index (χ3n) is 2.84. The van der Waals surface area contributed by atoms with Crippen molar-refractivity contribution in [1.82, 2.24) is 10.5 Å². The molecule has 1 N–H and O–H groups in total. The normalized spacial score (nSPS) is 19.2. The van der Waals surface area contributed by atoms with E-state index in [1.54, 1.807) is 0 Å². The summed E-state index contributed by atoms with van der Waals surface area (Å²) in [6.07, 6.45) is 2.42. The standard InChI is InChI=1S/C10H16N2O/c1-7-10(8(2)13-12-7)9-3-5-11-6-4-9/h9,11H,3-6H2,1-2H3. The second-order valence-corrected chi connectivity index (χ2v) is 3.76. The number of aryl methyl sites for hydroxylation is 2. The van der Waals surface area contributed by atoms with Gasteiger partial charge < -0.3 is 9.84 Å². The van der Waals surface area contributed by atoms with Crippen LogP contribution in [-0.2, 0) is 0 Å². The molecule has 1 fully saturated rings. The molecule has 0 spiro atoms. The summed E-state index contributed by atoms with van der Waals surface area (Å²) in [4.78, 5) is 0. The molecule has 0 unspecified atom stereocenters. The molecule has 1 aromatic heterocycles. The van der Waals surface area contributed by atoms with Gasteiger partial charge in [-0.15, -0.1) is 0 Å². The molecule has 0 aromatic carbocycles. The maximum atomic E-state index is 5.18. The van der Waals surface area contributed by atoms with Crippen LogP contribution in [0, 0.1) is 13.8 Å². The minimum absolute atomic E-state index is 0.660. The lowest BCUT2D eigenvalue weighted by Gasteiger charge is -2.22. The van der Waals surface area contributed by atoms with E-state index >= 15 is 0 Å². The first-order chi connectivity index (χ1) is 6.29. The lowest BCUT2D eigenvalue weighted by atomic mass is 9.89. The van der Waals surface area contributed by atoms with Crippen molar-refractivity contribution in [3.05, 3.63) is 17.0 Å². The first kappa shape index (κ1) is 8.75. The fraction of sp³-hybridized carbons (Fsp3) is 0.700. The van der Waals surface area contributed by atoms with Gasteiger partial charge in [0, 0.05) is 5.56 Å². The van der Waals surface area contributed by atoms with Crippen LogP contribution in [0.3, 0.4) is 0 Å². The SMILES string of the molecule is Cc1noc(C)c1C1CCNCC1. The van der Waals surface area contributed by atoms with Crippen molar-refractivity contribution < 1.29 is 4.52 Å². The molecule has 0 aliphatic carbocycles. The first-order valence-electron chi connectivity index (χ1n) is 4.92. The summed E-state index contributed by atoms with van der Waals surface area (Å²) in [5.74, 6) is 1.66. The Morgan fingerprint density at radius 3 is 2.54 bits per heavy atom. The van der Waals surface area contributed by atoms with Crippen LogP contribution in [0.1, 0.15) is 35.8 Å². The minimum Gasteiger partial charge on any atom is -0.361 e. The second kappa shape index (κ2) is 3.50. The molecule has 0 radical (unpaired) electrons. The molecule has 2 rings (SSSR count). The number of nitrogens with zero attached hydrogens (tertiary/aromatic N) is 1. The van der Waals surface area contributed by atoms with Crippen LogP contribution >= 0.6 is 0 Å². The topological polar surface area (TPSA) is 38.1 Å². The van der Waals surface area contributed by atoms with Gasteiger partial charge in [0.15, 0.2) is 0 Å². The number of piperidine rings is 1. The van der Waals surface area contributed by atoms with Crippen LogP contribution < -0.4 is 5.32 Å². The number of hydrogen-bond donors (Lipinski definition) is 1. The fourth-order valence-electron chi connectivity index (χ4n) is 2.18. The summed E-state index contributed by atoms with van der Waals surface area (Å²) in [6.45, 7) is 6.29. The van der Waals surface area contributed by atoms with Crippen molar-refractivity contribution in [3.63, 3.8) is 0 Å². The molecule has 1 aliphatic heterocycles. The van der Waals surface area contributed by atoms with Gasteiger partial charge >= 0.3 is 0 Å². The Balaban J connectivity index is 2.22. The summed E-state index contributed by atoms with van der Waals surface area (Å²) in [7, 11) is 0. The monoisotopic (exact) mass is 180 g/mol. The number of rotatable bonds is 1. The Kier molecular flexibility index (Phi) is 2.36. The molecule has 3 nitrogen and oxygen atoms in total. The summed E-state index contributed by atoms with van der Waals surface area (Å²) in [5, 5.41) is 7.36. The van der Waals surface area contributed by atoms with Gasteiger partial charge in [-0.2, -0.15) is 0 Å². The van der Waals surface area contributed by atoms with Gasteiger partial charge in [-0.3, -0.25) is 0 Å². The molecule has 0 atom stereocenters. The van der Waals surface area contributed by atoms with Crippen LogP contribution in [0.4, 0.5) is 0 Å². The highest BCUT2D eigenvalue weighted by molar-refractivity contribution is 5.26. The Hall–Kier alpha value is -0.830. The van der Waals surface area contributed by atoms with Gasteiger partial charge in [0.2, 0.25) is 0 Å². The third kappa shape index (κ3) is 1.61. The molecule has 13 heavy (non-hydrogen) atoms. The largest absolute Gasteiger partial charge is 0.361 e. The van der Waals surface area contributed by atoms with E-state index in [1.165, 1.54) is 18.4 Å². The molecular weight excluding hydrogens is 164 g/mol. The Morgan fingerprint density at radius 1 is 1.31 bits per heavy atom. The molecular formula is C10H16N2O. The van der Waals surface area contributed by atoms with E-state index in [1.807, 2.05) is 13.8 Å². The summed E-state index contributed by atoms with van der Waals surface area (Å²) < 4.78 is 5.18. The molecule has 1 aromatic rings. The van der Waals surface area contributed by atoms with E-state index in [0.717, 1.165) is 24.5 Å². The Bertz CT molecular complexity index is 268. The van der Waals surface area contributed by atoms with Crippen molar-refractivity contribution in [3.8, 4) is 0 Å². The lowest BCUT2D eigenvalue weighted by molar-refractivity contribution is 0.388. The average molecular weight is 180 g/mol. The maximum absolute atomic E-state index is 5.18. The van der Waals surface area contributed by atoms with Crippen molar-refractivity contribution >= 4 is 0 Å². The molecule has 1 saturated heterocycles. The molecule has 1 aliphatic rings. The van der Waals surface area contributed by atoms with Crippen molar-refractivity contribution in [2.24, 2.45) is 0 Å². The predicted molar refractivity (Wildman–Crippen MR) is 50.8 cm³/mol. The molecule has 0 bridgehead atoms. The zero-order valence-corrected chi connectivity index (χ0v) is 8.26. The lowest BCUT2D eigenvalue weighted by Crippen LogP contribution is -2.27.